The molecule has 192 valence electrons. The summed E-state index contributed by atoms with van der Waals surface area (Å²) in [6.45, 7) is 4.90. The van der Waals surface area contributed by atoms with E-state index in [0.29, 0.717) is 39.1 Å². The third kappa shape index (κ3) is 5.91. The zero-order chi connectivity index (χ0) is 25.6. The van der Waals surface area contributed by atoms with E-state index in [-0.39, 0.29) is 23.9 Å². The molecule has 0 radical (unpaired) electrons. The topological polar surface area (TPSA) is 83.5 Å². The number of pyridine rings is 1. The number of carbonyl (C=O) groups is 1. The maximum absolute atomic E-state index is 12.9. The lowest BCUT2D eigenvalue weighted by molar-refractivity contribution is 0.0564. The van der Waals surface area contributed by atoms with Gasteiger partial charge >= 0.3 is 11.8 Å². The minimum atomic E-state index is -0.297. The molecule has 0 spiro atoms. The molecule has 37 heavy (non-hydrogen) atoms. The van der Waals surface area contributed by atoms with Crippen LogP contribution in [0.25, 0.3) is 11.0 Å². The zero-order valence-corrected chi connectivity index (χ0v) is 21.1. The van der Waals surface area contributed by atoms with Crippen molar-refractivity contribution < 1.29 is 9.53 Å². The number of H-pyrrole nitrogens is 1. The van der Waals surface area contributed by atoms with Gasteiger partial charge in [-0.15, -0.1) is 0 Å². The van der Waals surface area contributed by atoms with Crippen molar-refractivity contribution in [3.63, 3.8) is 0 Å². The number of nitrogens with zero attached hydrogens (tertiary/aromatic N) is 4. The van der Waals surface area contributed by atoms with Gasteiger partial charge in [0.25, 0.3) is 0 Å². The van der Waals surface area contributed by atoms with E-state index in [9.17, 15) is 9.59 Å². The molecule has 1 N–H and O–H groups in total. The van der Waals surface area contributed by atoms with Crippen LogP contribution in [0.4, 0.5) is 4.79 Å². The molecule has 0 unspecified atom stereocenters. The van der Waals surface area contributed by atoms with Crippen molar-refractivity contribution >= 4 is 17.1 Å². The molecule has 0 bridgehead atoms. The highest BCUT2D eigenvalue weighted by Gasteiger charge is 2.27. The molecule has 4 aromatic rings. The van der Waals surface area contributed by atoms with Crippen molar-refractivity contribution in [3.05, 3.63) is 101 Å². The number of piperidine rings is 1. The minimum Gasteiger partial charge on any atom is -0.448 e. The van der Waals surface area contributed by atoms with E-state index in [2.05, 4.69) is 33.9 Å². The van der Waals surface area contributed by atoms with E-state index in [1.807, 2.05) is 65.2 Å². The number of aromatic amines is 1. The molecule has 1 atom stereocenters. The molecule has 8 heteroatoms. The quantitative estimate of drug-likeness (QED) is 0.383. The lowest BCUT2D eigenvalue weighted by Crippen LogP contribution is -2.43. The van der Waals surface area contributed by atoms with Gasteiger partial charge in [-0.1, -0.05) is 48.5 Å². The number of hydrogen-bond donors (Lipinski definition) is 1. The van der Waals surface area contributed by atoms with E-state index >= 15 is 0 Å². The Labute approximate surface area is 216 Å². The second-order valence-corrected chi connectivity index (χ2v) is 9.67. The number of rotatable bonds is 8. The normalized spacial score (nSPS) is 15.2. The molecule has 2 aromatic heterocycles. The number of amides is 1. The van der Waals surface area contributed by atoms with Crippen molar-refractivity contribution in [3.8, 4) is 0 Å². The fourth-order valence-electron chi connectivity index (χ4n) is 5.02. The fourth-order valence-corrected chi connectivity index (χ4v) is 5.02. The summed E-state index contributed by atoms with van der Waals surface area (Å²) in [5, 5.41) is 0. The summed E-state index contributed by atoms with van der Waals surface area (Å²) in [7, 11) is 0. The lowest BCUT2D eigenvalue weighted by atomic mass is 10.0. The second kappa shape index (κ2) is 11.4. The molecular weight excluding hydrogens is 466 g/mol. The van der Waals surface area contributed by atoms with E-state index in [4.69, 9.17) is 4.74 Å². The summed E-state index contributed by atoms with van der Waals surface area (Å²) < 4.78 is 7.60. The molecule has 0 aliphatic carbocycles. The number of nitrogens with one attached hydrogen (secondary N) is 1. The van der Waals surface area contributed by atoms with Crippen LogP contribution in [0, 0.1) is 0 Å². The first-order chi connectivity index (χ1) is 18.1. The Kier molecular flexibility index (Phi) is 7.65. The fraction of sp³-hybridized carbons (Fsp3) is 0.345. The Morgan fingerprint density at radius 2 is 1.76 bits per heavy atom. The van der Waals surface area contributed by atoms with Gasteiger partial charge < -0.3 is 14.6 Å². The summed E-state index contributed by atoms with van der Waals surface area (Å²) in [4.78, 5) is 36.9. The number of fused-ring (bicyclic) bond motifs is 1. The van der Waals surface area contributed by atoms with E-state index in [0.717, 1.165) is 23.3 Å². The Morgan fingerprint density at radius 1 is 1.03 bits per heavy atom. The average Bonchev–Trinajstić information content (AvgIpc) is 3.28. The summed E-state index contributed by atoms with van der Waals surface area (Å²) in [6, 6.07) is 24.0. The van der Waals surface area contributed by atoms with Crippen molar-refractivity contribution in [1.29, 1.82) is 0 Å². The molecule has 5 rings (SSSR count). The summed E-state index contributed by atoms with van der Waals surface area (Å²) in [6.07, 6.45) is 2.93. The maximum atomic E-state index is 12.9. The zero-order valence-electron chi connectivity index (χ0n) is 21.1. The van der Waals surface area contributed by atoms with Crippen LogP contribution in [-0.2, 0) is 17.8 Å². The molecule has 1 amide bonds. The van der Waals surface area contributed by atoms with Crippen LogP contribution in [0.5, 0.6) is 0 Å². The van der Waals surface area contributed by atoms with Gasteiger partial charge in [0.1, 0.15) is 6.61 Å². The second-order valence-electron chi connectivity index (χ2n) is 9.67. The highest BCUT2D eigenvalue weighted by molar-refractivity contribution is 5.75. The van der Waals surface area contributed by atoms with Gasteiger partial charge in [0, 0.05) is 44.5 Å². The average molecular weight is 500 g/mol. The van der Waals surface area contributed by atoms with Crippen LogP contribution in [0.15, 0.2) is 83.8 Å². The van der Waals surface area contributed by atoms with Crippen molar-refractivity contribution in [2.24, 2.45) is 0 Å². The monoisotopic (exact) mass is 499 g/mol. The van der Waals surface area contributed by atoms with Gasteiger partial charge in [-0.2, -0.15) is 0 Å². The van der Waals surface area contributed by atoms with Gasteiger partial charge in [0.05, 0.1) is 16.7 Å². The first kappa shape index (κ1) is 24.8. The third-order valence-electron chi connectivity index (χ3n) is 7.10. The van der Waals surface area contributed by atoms with Gasteiger partial charge in [0.15, 0.2) is 0 Å². The standard InChI is InChI=1S/C29H33N5O3/c1-22(33(19-23-9-3-2-4-10-23)20-24-11-7-8-16-30-24)21-37-29(36)32-17-14-25(15-18-32)34-27-13-6-5-12-26(27)31-28(34)35/h2-13,16,22,25H,14-15,17-21H2,1H3,(H,31,35)/t22-/m0/s1. The Hall–Kier alpha value is -3.91. The van der Waals surface area contributed by atoms with Gasteiger partial charge in [-0.05, 0) is 49.6 Å². The number of ether oxygens (including phenoxy) is 1. The first-order valence-corrected chi connectivity index (χ1v) is 12.9. The van der Waals surface area contributed by atoms with E-state index < -0.39 is 0 Å². The van der Waals surface area contributed by atoms with Crippen molar-refractivity contribution in [2.75, 3.05) is 19.7 Å². The van der Waals surface area contributed by atoms with Crippen molar-refractivity contribution in [1.82, 2.24) is 24.3 Å². The number of hydrogen-bond acceptors (Lipinski definition) is 5. The van der Waals surface area contributed by atoms with Crippen LogP contribution in [0.3, 0.4) is 0 Å². The van der Waals surface area contributed by atoms with Gasteiger partial charge in [-0.3, -0.25) is 14.5 Å². The predicted octanol–water partition coefficient (Wildman–Crippen LogP) is 4.59. The molecule has 1 aliphatic heterocycles. The third-order valence-corrected chi connectivity index (χ3v) is 7.10. The molecule has 2 aromatic carbocycles. The van der Waals surface area contributed by atoms with Gasteiger partial charge in [-0.25, -0.2) is 9.59 Å². The number of carbonyl (C=O) groups excluding carboxylic acids is 1. The van der Waals surface area contributed by atoms with E-state index in [1.165, 1.54) is 5.56 Å². The number of aromatic nitrogens is 3. The molecule has 1 fully saturated rings. The van der Waals surface area contributed by atoms with Crippen LogP contribution in [0.2, 0.25) is 0 Å². The van der Waals surface area contributed by atoms with Crippen LogP contribution >= 0.6 is 0 Å². The molecular formula is C29H33N5O3. The number of likely N-dealkylation sites (tertiary alicyclic amines) is 1. The summed E-state index contributed by atoms with van der Waals surface area (Å²) >= 11 is 0. The van der Waals surface area contributed by atoms with E-state index in [1.54, 1.807) is 11.1 Å². The number of para-hydroxylation sites is 2. The minimum absolute atomic E-state index is 0.00787. The molecule has 0 saturated carbocycles. The van der Waals surface area contributed by atoms with Crippen LogP contribution in [0.1, 0.15) is 37.1 Å². The molecule has 8 nitrogen and oxygen atoms in total. The smallest absolute Gasteiger partial charge is 0.409 e. The van der Waals surface area contributed by atoms with Crippen LogP contribution < -0.4 is 5.69 Å². The van der Waals surface area contributed by atoms with Crippen molar-refractivity contribution in [2.45, 2.75) is 44.9 Å². The highest BCUT2D eigenvalue weighted by Crippen LogP contribution is 2.25. The largest absolute Gasteiger partial charge is 0.448 e. The summed E-state index contributed by atoms with van der Waals surface area (Å²) in [5.41, 5.74) is 3.84. The SMILES string of the molecule is C[C@@H](COC(=O)N1CCC(n2c(=O)[nH]c3ccccc32)CC1)N(Cc1ccccc1)Cc1ccccn1. The predicted molar refractivity (Wildman–Crippen MR) is 143 cm³/mol. The maximum Gasteiger partial charge on any atom is 0.409 e. The molecule has 3 heterocycles. The lowest BCUT2D eigenvalue weighted by Gasteiger charge is -2.33. The Bertz CT molecular complexity index is 1320. The molecule has 1 aliphatic rings. The number of imidazole rings is 1. The highest BCUT2D eigenvalue weighted by atomic mass is 16.6. The molecule has 1 saturated heterocycles. The summed E-state index contributed by atoms with van der Waals surface area (Å²) in [5.74, 6) is 0. The Balaban J connectivity index is 1.17. The Morgan fingerprint density at radius 3 is 2.51 bits per heavy atom. The van der Waals surface area contributed by atoms with Gasteiger partial charge in [0.2, 0.25) is 0 Å². The first-order valence-electron chi connectivity index (χ1n) is 12.9. The number of benzene rings is 2. The van der Waals surface area contributed by atoms with Crippen LogP contribution in [-0.4, -0.2) is 56.2 Å².